The van der Waals surface area contributed by atoms with E-state index in [0.29, 0.717) is 24.5 Å². The minimum absolute atomic E-state index is 0.0415. The molecule has 0 saturated carbocycles. The highest BCUT2D eigenvalue weighted by molar-refractivity contribution is 5.43. The fourth-order valence-electron chi connectivity index (χ4n) is 4.18. The van der Waals surface area contributed by atoms with Crippen molar-refractivity contribution >= 4 is 5.82 Å². The standard InChI is InChI=1S/C26H27F4N3O4/c1-16-4-6-19(13-20(16)26(28,29)30)37-22-7-5-17(12-21(22)27)15-36-23-14-24(32(2)25(34)31-23)33-10-8-18(35-3)9-11-33/h4-7,12-14,18H,8-11,15H2,1-3H3. The quantitative estimate of drug-likeness (QED) is 0.397. The second kappa shape index (κ2) is 10.8. The molecule has 3 aromatic rings. The number of benzene rings is 2. The summed E-state index contributed by atoms with van der Waals surface area (Å²) >= 11 is 0. The molecule has 0 spiro atoms. The van der Waals surface area contributed by atoms with Crippen molar-refractivity contribution in [2.24, 2.45) is 7.05 Å². The molecule has 11 heteroatoms. The van der Waals surface area contributed by atoms with Gasteiger partial charge in [-0.3, -0.25) is 4.57 Å². The van der Waals surface area contributed by atoms with Crippen molar-refractivity contribution in [2.45, 2.75) is 38.7 Å². The Morgan fingerprint density at radius 3 is 2.46 bits per heavy atom. The van der Waals surface area contributed by atoms with Crippen LogP contribution in [-0.2, 0) is 24.6 Å². The Kier molecular flexibility index (Phi) is 7.72. The van der Waals surface area contributed by atoms with Crippen molar-refractivity contribution in [1.29, 1.82) is 0 Å². The monoisotopic (exact) mass is 521 g/mol. The van der Waals surface area contributed by atoms with Crippen molar-refractivity contribution in [1.82, 2.24) is 9.55 Å². The molecule has 1 aromatic heterocycles. The van der Waals surface area contributed by atoms with Crippen LogP contribution in [0.5, 0.6) is 17.4 Å². The summed E-state index contributed by atoms with van der Waals surface area (Å²) in [5.41, 5.74) is -0.860. The van der Waals surface area contributed by atoms with Gasteiger partial charge in [-0.2, -0.15) is 18.2 Å². The molecule has 0 bridgehead atoms. The third-order valence-corrected chi connectivity index (χ3v) is 6.31. The van der Waals surface area contributed by atoms with Crippen LogP contribution in [0, 0.1) is 12.7 Å². The smallest absolute Gasteiger partial charge is 0.416 e. The number of piperidine rings is 1. The van der Waals surface area contributed by atoms with Gasteiger partial charge in [-0.1, -0.05) is 12.1 Å². The van der Waals surface area contributed by atoms with E-state index in [1.807, 2.05) is 0 Å². The minimum atomic E-state index is -4.55. The van der Waals surface area contributed by atoms with Gasteiger partial charge in [0.2, 0.25) is 5.88 Å². The predicted molar refractivity (Wildman–Crippen MR) is 129 cm³/mol. The number of aryl methyl sites for hydroxylation is 1. The number of rotatable bonds is 7. The molecule has 37 heavy (non-hydrogen) atoms. The average molecular weight is 522 g/mol. The van der Waals surface area contributed by atoms with Gasteiger partial charge in [0, 0.05) is 33.3 Å². The molecule has 2 aromatic carbocycles. The lowest BCUT2D eigenvalue weighted by Crippen LogP contribution is -2.39. The van der Waals surface area contributed by atoms with Crippen LogP contribution in [0.15, 0.2) is 47.3 Å². The second-order valence-corrected chi connectivity index (χ2v) is 8.85. The lowest BCUT2D eigenvalue weighted by molar-refractivity contribution is -0.138. The molecule has 1 saturated heterocycles. The summed E-state index contributed by atoms with van der Waals surface area (Å²) in [6.45, 7) is 2.69. The minimum Gasteiger partial charge on any atom is -0.473 e. The first-order valence-corrected chi connectivity index (χ1v) is 11.7. The molecule has 0 radical (unpaired) electrons. The molecule has 1 fully saturated rings. The van der Waals surface area contributed by atoms with Crippen molar-refractivity contribution in [3.63, 3.8) is 0 Å². The zero-order valence-corrected chi connectivity index (χ0v) is 20.6. The Morgan fingerprint density at radius 2 is 1.81 bits per heavy atom. The molecule has 198 valence electrons. The summed E-state index contributed by atoms with van der Waals surface area (Å²) < 4.78 is 72.0. The van der Waals surface area contributed by atoms with Gasteiger partial charge in [-0.25, -0.2) is 9.18 Å². The molecule has 7 nitrogen and oxygen atoms in total. The molecule has 4 rings (SSSR count). The first-order chi connectivity index (χ1) is 17.5. The average Bonchev–Trinajstić information content (AvgIpc) is 2.86. The number of aromatic nitrogens is 2. The highest BCUT2D eigenvalue weighted by Crippen LogP contribution is 2.35. The van der Waals surface area contributed by atoms with Gasteiger partial charge in [0.05, 0.1) is 11.7 Å². The third-order valence-electron chi connectivity index (χ3n) is 6.31. The number of nitrogens with zero attached hydrogens (tertiary/aromatic N) is 3. The van der Waals surface area contributed by atoms with Crippen LogP contribution in [0.3, 0.4) is 0 Å². The molecule has 0 atom stereocenters. The van der Waals surface area contributed by atoms with Gasteiger partial charge in [0.15, 0.2) is 11.6 Å². The fourth-order valence-corrected chi connectivity index (χ4v) is 4.18. The van der Waals surface area contributed by atoms with Crippen molar-refractivity contribution in [2.75, 3.05) is 25.1 Å². The van der Waals surface area contributed by atoms with E-state index >= 15 is 0 Å². The molecular formula is C26H27F4N3O4. The van der Waals surface area contributed by atoms with Gasteiger partial charge in [0.1, 0.15) is 18.2 Å². The van der Waals surface area contributed by atoms with E-state index in [1.54, 1.807) is 20.2 Å². The maximum absolute atomic E-state index is 14.7. The number of hydrogen-bond donors (Lipinski definition) is 0. The van der Waals surface area contributed by atoms with Crippen LogP contribution in [0.1, 0.15) is 29.5 Å². The summed E-state index contributed by atoms with van der Waals surface area (Å²) in [5, 5.41) is 0. The molecule has 1 aliphatic heterocycles. The van der Waals surface area contributed by atoms with Gasteiger partial charge in [0.25, 0.3) is 0 Å². The SMILES string of the molecule is COC1CCN(c2cc(OCc3ccc(Oc4ccc(C)c(C(F)(F)F)c4)c(F)c3)nc(=O)n2C)CC1. The second-order valence-electron chi connectivity index (χ2n) is 8.85. The molecule has 0 unspecified atom stereocenters. The maximum atomic E-state index is 14.7. The number of ether oxygens (including phenoxy) is 3. The number of hydrogen-bond acceptors (Lipinski definition) is 6. The lowest BCUT2D eigenvalue weighted by atomic mass is 10.1. The van der Waals surface area contributed by atoms with Crippen LogP contribution < -0.4 is 20.1 Å². The van der Waals surface area contributed by atoms with Gasteiger partial charge >= 0.3 is 11.9 Å². The van der Waals surface area contributed by atoms with Gasteiger partial charge in [-0.15, -0.1) is 0 Å². The fraction of sp³-hybridized carbons (Fsp3) is 0.385. The van der Waals surface area contributed by atoms with Crippen LogP contribution in [0.25, 0.3) is 0 Å². The van der Waals surface area contributed by atoms with E-state index in [9.17, 15) is 22.4 Å². The van der Waals surface area contributed by atoms with E-state index in [1.165, 1.54) is 35.8 Å². The van der Waals surface area contributed by atoms with Gasteiger partial charge in [-0.05, 0) is 55.2 Å². The van der Waals surface area contributed by atoms with E-state index in [-0.39, 0.29) is 35.7 Å². The van der Waals surface area contributed by atoms with Gasteiger partial charge < -0.3 is 19.1 Å². The number of anilines is 1. The topological polar surface area (TPSA) is 65.8 Å². The van der Waals surface area contributed by atoms with Crippen LogP contribution in [0.4, 0.5) is 23.4 Å². The van der Waals surface area contributed by atoms with Crippen molar-refractivity contribution in [3.8, 4) is 17.4 Å². The summed E-state index contributed by atoms with van der Waals surface area (Å²) in [5.74, 6) is -0.363. The summed E-state index contributed by atoms with van der Waals surface area (Å²) in [6, 6.07) is 9.10. The van der Waals surface area contributed by atoms with Crippen LogP contribution >= 0.6 is 0 Å². The lowest BCUT2D eigenvalue weighted by Gasteiger charge is -2.33. The first-order valence-electron chi connectivity index (χ1n) is 11.7. The Labute approximate surface area is 211 Å². The maximum Gasteiger partial charge on any atom is 0.416 e. The predicted octanol–water partition coefficient (Wildman–Crippen LogP) is 5.23. The molecule has 0 N–H and O–H groups in total. The Morgan fingerprint density at radius 1 is 1.08 bits per heavy atom. The highest BCUT2D eigenvalue weighted by Gasteiger charge is 2.32. The summed E-state index contributed by atoms with van der Waals surface area (Å²) in [4.78, 5) is 18.4. The Bertz CT molecular complexity index is 1320. The molecule has 0 amide bonds. The van der Waals surface area contributed by atoms with E-state index in [2.05, 4.69) is 9.88 Å². The van der Waals surface area contributed by atoms with E-state index in [0.717, 1.165) is 25.0 Å². The van der Waals surface area contributed by atoms with Crippen LogP contribution in [-0.4, -0.2) is 35.9 Å². The van der Waals surface area contributed by atoms with Crippen molar-refractivity contribution < 1.29 is 31.8 Å². The first kappa shape index (κ1) is 26.5. The van der Waals surface area contributed by atoms with Crippen LogP contribution in [0.2, 0.25) is 0 Å². The molecule has 1 aliphatic rings. The highest BCUT2D eigenvalue weighted by atomic mass is 19.4. The molecule has 2 heterocycles. The summed E-state index contributed by atoms with van der Waals surface area (Å²) in [6.07, 6.45) is -2.70. The summed E-state index contributed by atoms with van der Waals surface area (Å²) in [7, 11) is 3.32. The van der Waals surface area contributed by atoms with E-state index in [4.69, 9.17) is 14.2 Å². The molecule has 0 aliphatic carbocycles. The van der Waals surface area contributed by atoms with E-state index < -0.39 is 23.2 Å². The largest absolute Gasteiger partial charge is 0.473 e. The Hall–Kier alpha value is -3.60. The number of methoxy groups -OCH3 is 1. The number of halogens is 4. The molecular weight excluding hydrogens is 494 g/mol. The Balaban J connectivity index is 1.45. The van der Waals surface area contributed by atoms with Crippen molar-refractivity contribution in [3.05, 3.63) is 75.5 Å². The number of alkyl halides is 3. The normalized spacial score (nSPS) is 14.6. The zero-order valence-electron chi connectivity index (χ0n) is 20.6. The third kappa shape index (κ3) is 6.22. The zero-order chi connectivity index (χ0) is 26.7.